The summed E-state index contributed by atoms with van der Waals surface area (Å²) in [4.78, 5) is 43.1. The van der Waals surface area contributed by atoms with Gasteiger partial charge in [0.1, 0.15) is 0 Å². The molecule has 158 valence electrons. The van der Waals surface area contributed by atoms with Crippen molar-refractivity contribution in [1.82, 2.24) is 14.7 Å². The minimum absolute atomic E-state index is 0.0164. The number of carbonyl (C=O) groups is 3. The van der Waals surface area contributed by atoms with Gasteiger partial charge < -0.3 is 14.7 Å². The molecule has 2 aliphatic rings. The molecule has 0 spiro atoms. The van der Waals surface area contributed by atoms with Crippen LogP contribution < -0.4 is 0 Å². The maximum Gasteiger partial charge on any atom is 0.253 e. The van der Waals surface area contributed by atoms with E-state index in [2.05, 4.69) is 20.8 Å². The Hall–Kier alpha value is -2.37. The van der Waals surface area contributed by atoms with E-state index in [1.165, 1.54) is 5.56 Å². The molecule has 1 unspecified atom stereocenters. The van der Waals surface area contributed by atoms with Crippen molar-refractivity contribution in [3.05, 3.63) is 35.4 Å². The van der Waals surface area contributed by atoms with Crippen molar-refractivity contribution in [2.45, 2.75) is 46.0 Å². The van der Waals surface area contributed by atoms with E-state index in [1.807, 2.05) is 41.0 Å². The Morgan fingerprint density at radius 3 is 2.14 bits per heavy atom. The zero-order valence-electron chi connectivity index (χ0n) is 18.1. The lowest BCUT2D eigenvalue weighted by atomic mass is 9.86. The van der Waals surface area contributed by atoms with Crippen LogP contribution in [0.1, 0.15) is 56.5 Å². The van der Waals surface area contributed by atoms with Crippen molar-refractivity contribution in [3.63, 3.8) is 0 Å². The smallest absolute Gasteiger partial charge is 0.253 e. The van der Waals surface area contributed by atoms with E-state index in [-0.39, 0.29) is 29.1 Å². The first kappa shape index (κ1) is 21.3. The van der Waals surface area contributed by atoms with Crippen LogP contribution in [0.25, 0.3) is 0 Å². The average molecular weight is 400 g/mol. The molecule has 1 aromatic rings. The summed E-state index contributed by atoms with van der Waals surface area (Å²) in [5.74, 6) is -0.0831. The van der Waals surface area contributed by atoms with E-state index in [1.54, 1.807) is 4.90 Å². The molecule has 0 aliphatic carbocycles. The van der Waals surface area contributed by atoms with Crippen LogP contribution in [0.5, 0.6) is 0 Å². The van der Waals surface area contributed by atoms with Crippen LogP contribution in [0.3, 0.4) is 0 Å². The fourth-order valence-corrected chi connectivity index (χ4v) is 4.11. The van der Waals surface area contributed by atoms with Gasteiger partial charge in [0.2, 0.25) is 11.8 Å². The molecule has 1 aromatic carbocycles. The zero-order valence-corrected chi connectivity index (χ0v) is 18.1. The third-order valence-electron chi connectivity index (χ3n) is 5.93. The Labute approximate surface area is 173 Å². The maximum atomic E-state index is 12.8. The highest BCUT2D eigenvalue weighted by molar-refractivity contribution is 5.94. The van der Waals surface area contributed by atoms with Gasteiger partial charge >= 0.3 is 0 Å². The van der Waals surface area contributed by atoms with Crippen molar-refractivity contribution in [1.29, 1.82) is 0 Å². The summed E-state index contributed by atoms with van der Waals surface area (Å²) in [6.07, 6.45) is 1.22. The summed E-state index contributed by atoms with van der Waals surface area (Å²) < 4.78 is 0. The van der Waals surface area contributed by atoms with Crippen molar-refractivity contribution < 1.29 is 14.4 Å². The predicted molar refractivity (Wildman–Crippen MR) is 113 cm³/mol. The summed E-state index contributed by atoms with van der Waals surface area (Å²) in [5, 5.41) is 0. The largest absolute Gasteiger partial charge is 0.342 e. The molecule has 3 amide bonds. The molecule has 0 bridgehead atoms. The molecule has 29 heavy (non-hydrogen) atoms. The summed E-state index contributed by atoms with van der Waals surface area (Å²) in [6.45, 7) is 11.9. The Kier molecular flexibility index (Phi) is 6.30. The second-order valence-corrected chi connectivity index (χ2v) is 9.19. The van der Waals surface area contributed by atoms with E-state index in [0.29, 0.717) is 44.7 Å². The van der Waals surface area contributed by atoms with Crippen LogP contribution in [0.4, 0.5) is 0 Å². The Balaban J connectivity index is 1.54. The molecule has 0 radical (unpaired) electrons. The van der Waals surface area contributed by atoms with Gasteiger partial charge in [0.05, 0.1) is 5.92 Å². The molecule has 2 saturated heterocycles. The van der Waals surface area contributed by atoms with Crippen molar-refractivity contribution in [2.75, 3.05) is 39.3 Å². The molecule has 1 atom stereocenters. The van der Waals surface area contributed by atoms with E-state index in [4.69, 9.17) is 0 Å². The van der Waals surface area contributed by atoms with Gasteiger partial charge in [-0.15, -0.1) is 0 Å². The van der Waals surface area contributed by atoms with Gasteiger partial charge in [-0.05, 0) is 29.5 Å². The summed E-state index contributed by atoms with van der Waals surface area (Å²) in [5.41, 5.74) is 1.95. The van der Waals surface area contributed by atoms with Gasteiger partial charge in [-0.2, -0.15) is 0 Å². The fourth-order valence-electron chi connectivity index (χ4n) is 4.11. The third kappa shape index (κ3) is 4.80. The number of nitrogens with zero attached hydrogens (tertiary/aromatic N) is 3. The second kappa shape index (κ2) is 8.56. The number of likely N-dealkylation sites (tertiary alicyclic amines) is 1. The minimum atomic E-state index is -0.235. The van der Waals surface area contributed by atoms with Gasteiger partial charge in [0.15, 0.2) is 0 Å². The summed E-state index contributed by atoms with van der Waals surface area (Å²) >= 11 is 0. The van der Waals surface area contributed by atoms with Crippen LogP contribution in [0.2, 0.25) is 0 Å². The van der Waals surface area contributed by atoms with Gasteiger partial charge in [-0.3, -0.25) is 14.4 Å². The maximum absolute atomic E-state index is 12.8. The number of hydrogen-bond acceptors (Lipinski definition) is 3. The summed E-state index contributed by atoms with van der Waals surface area (Å²) in [6, 6.07) is 7.83. The average Bonchev–Trinajstić information content (AvgIpc) is 3.07. The molecule has 2 aliphatic heterocycles. The number of piperazine rings is 1. The van der Waals surface area contributed by atoms with Crippen LogP contribution in [-0.2, 0) is 15.0 Å². The number of rotatable bonds is 4. The van der Waals surface area contributed by atoms with Gasteiger partial charge in [0.25, 0.3) is 5.91 Å². The van der Waals surface area contributed by atoms with Crippen molar-refractivity contribution >= 4 is 17.7 Å². The number of amides is 3. The van der Waals surface area contributed by atoms with Crippen LogP contribution >= 0.6 is 0 Å². The molecule has 2 heterocycles. The standard InChI is InChI=1S/C23H33N3O3/c1-5-10-26-16-18(15-20(26)27)22(29)25-13-11-24(12-14-25)21(28)17-6-8-19(9-7-17)23(2,3)4/h6-9,18H,5,10-16H2,1-4H3. The lowest BCUT2D eigenvalue weighted by molar-refractivity contribution is -0.137. The predicted octanol–water partition coefficient (Wildman–Crippen LogP) is 2.53. The molecule has 3 rings (SSSR count). The summed E-state index contributed by atoms with van der Waals surface area (Å²) in [7, 11) is 0. The fraction of sp³-hybridized carbons (Fsp3) is 0.609. The monoisotopic (exact) mass is 399 g/mol. The van der Waals surface area contributed by atoms with E-state index in [9.17, 15) is 14.4 Å². The molecule has 0 N–H and O–H groups in total. The number of hydrogen-bond donors (Lipinski definition) is 0. The van der Waals surface area contributed by atoms with E-state index in [0.717, 1.165) is 13.0 Å². The van der Waals surface area contributed by atoms with Crippen molar-refractivity contribution in [2.24, 2.45) is 5.92 Å². The number of benzene rings is 1. The SMILES string of the molecule is CCCN1CC(C(=O)N2CCN(C(=O)c3ccc(C(C)(C)C)cc3)CC2)CC1=O. The minimum Gasteiger partial charge on any atom is -0.342 e. The normalized spacial score (nSPS) is 20.3. The van der Waals surface area contributed by atoms with Crippen LogP contribution in [0.15, 0.2) is 24.3 Å². The third-order valence-corrected chi connectivity index (χ3v) is 5.93. The van der Waals surface area contributed by atoms with Crippen molar-refractivity contribution in [3.8, 4) is 0 Å². The van der Waals surface area contributed by atoms with Crippen LogP contribution in [0, 0.1) is 5.92 Å². The highest BCUT2D eigenvalue weighted by atomic mass is 16.2. The Morgan fingerprint density at radius 2 is 1.59 bits per heavy atom. The highest BCUT2D eigenvalue weighted by Gasteiger charge is 2.37. The van der Waals surface area contributed by atoms with Gasteiger partial charge in [-0.1, -0.05) is 39.8 Å². The van der Waals surface area contributed by atoms with Gasteiger partial charge in [-0.25, -0.2) is 0 Å². The first-order chi connectivity index (χ1) is 13.7. The lowest BCUT2D eigenvalue weighted by Gasteiger charge is -2.36. The Morgan fingerprint density at radius 1 is 1.00 bits per heavy atom. The highest BCUT2D eigenvalue weighted by Crippen LogP contribution is 2.24. The molecule has 6 heteroatoms. The first-order valence-electron chi connectivity index (χ1n) is 10.7. The van der Waals surface area contributed by atoms with Crippen LogP contribution in [-0.4, -0.2) is 71.7 Å². The molecular weight excluding hydrogens is 366 g/mol. The topological polar surface area (TPSA) is 60.9 Å². The zero-order chi connectivity index (χ0) is 21.2. The molecule has 0 aromatic heterocycles. The first-order valence-corrected chi connectivity index (χ1v) is 10.7. The Bertz CT molecular complexity index is 759. The quantitative estimate of drug-likeness (QED) is 0.782. The number of carbonyl (C=O) groups excluding carboxylic acids is 3. The molecule has 2 fully saturated rings. The van der Waals surface area contributed by atoms with E-state index >= 15 is 0 Å². The second-order valence-electron chi connectivity index (χ2n) is 9.19. The van der Waals surface area contributed by atoms with Gasteiger partial charge in [0, 0.05) is 51.3 Å². The molecule has 6 nitrogen and oxygen atoms in total. The molecular formula is C23H33N3O3. The van der Waals surface area contributed by atoms with E-state index < -0.39 is 0 Å². The lowest BCUT2D eigenvalue weighted by Crippen LogP contribution is -2.52. The molecule has 0 saturated carbocycles.